The summed E-state index contributed by atoms with van der Waals surface area (Å²) in [6, 6.07) is 0.663. The summed E-state index contributed by atoms with van der Waals surface area (Å²) in [5, 5.41) is 8.28. The van der Waals surface area contributed by atoms with E-state index in [0.717, 1.165) is 13.1 Å². The number of rotatable bonds is 9. The van der Waals surface area contributed by atoms with Crippen molar-refractivity contribution in [1.29, 1.82) is 0 Å². The van der Waals surface area contributed by atoms with Crippen molar-refractivity contribution in [3.05, 3.63) is 17.5 Å². The van der Waals surface area contributed by atoms with E-state index in [2.05, 4.69) is 30.0 Å². The molecule has 1 aromatic rings. The van der Waals surface area contributed by atoms with Gasteiger partial charge in [-0.25, -0.2) is 0 Å². The molecule has 0 amide bonds. The van der Waals surface area contributed by atoms with E-state index in [1.165, 1.54) is 69.0 Å². The molecule has 3 nitrogen and oxygen atoms in total. The molecule has 1 aliphatic rings. The van der Waals surface area contributed by atoms with Crippen LogP contribution < -0.4 is 5.32 Å². The highest BCUT2D eigenvalue weighted by atomic mass is 35.5. The predicted molar refractivity (Wildman–Crippen MR) is 92.2 cm³/mol. The van der Waals surface area contributed by atoms with Gasteiger partial charge in [0.2, 0.25) is 0 Å². The maximum absolute atomic E-state index is 4.71. The van der Waals surface area contributed by atoms with Crippen molar-refractivity contribution >= 4 is 12.4 Å². The molecule has 122 valence electrons. The van der Waals surface area contributed by atoms with Crippen molar-refractivity contribution in [2.75, 3.05) is 6.54 Å². The summed E-state index contributed by atoms with van der Waals surface area (Å²) in [7, 11) is 0. The largest absolute Gasteiger partial charge is 0.313 e. The Morgan fingerprint density at radius 2 is 1.90 bits per heavy atom. The lowest BCUT2D eigenvalue weighted by molar-refractivity contribution is 0.464. The normalized spacial score (nSPS) is 15.3. The van der Waals surface area contributed by atoms with Gasteiger partial charge in [0.25, 0.3) is 0 Å². The Bertz CT molecular complexity index is 383. The van der Waals surface area contributed by atoms with Crippen molar-refractivity contribution < 1.29 is 0 Å². The van der Waals surface area contributed by atoms with E-state index in [-0.39, 0.29) is 12.4 Å². The van der Waals surface area contributed by atoms with Crippen LogP contribution in [0.15, 0.2) is 6.20 Å². The molecule has 0 atom stereocenters. The lowest BCUT2D eigenvalue weighted by Gasteiger charge is -2.08. The first-order chi connectivity index (χ1) is 9.81. The molecule has 2 rings (SSSR count). The van der Waals surface area contributed by atoms with Gasteiger partial charge in [-0.2, -0.15) is 5.10 Å². The summed E-state index contributed by atoms with van der Waals surface area (Å²) in [6.07, 6.45) is 14.4. The zero-order valence-electron chi connectivity index (χ0n) is 13.7. The minimum Gasteiger partial charge on any atom is -0.313 e. The molecule has 1 fully saturated rings. The molecule has 1 N–H and O–H groups in total. The molecule has 0 radical (unpaired) electrons. The third-order valence-electron chi connectivity index (χ3n) is 4.49. The van der Waals surface area contributed by atoms with Crippen LogP contribution in [-0.4, -0.2) is 16.3 Å². The first kappa shape index (κ1) is 18.5. The van der Waals surface area contributed by atoms with E-state index < -0.39 is 0 Å². The third-order valence-corrected chi connectivity index (χ3v) is 4.49. The summed E-state index contributed by atoms with van der Waals surface area (Å²) in [4.78, 5) is 0. The lowest BCUT2D eigenvalue weighted by atomic mass is 10.1. The Balaban J connectivity index is 0.00000220. The SMILES string of the molecule is CCCCCCCNCc1cn(C2CCCC2)nc1C.Cl. The summed E-state index contributed by atoms with van der Waals surface area (Å²) >= 11 is 0. The van der Waals surface area contributed by atoms with E-state index in [0.29, 0.717) is 6.04 Å². The highest BCUT2D eigenvalue weighted by Crippen LogP contribution is 2.29. The number of hydrogen-bond donors (Lipinski definition) is 1. The van der Waals surface area contributed by atoms with Gasteiger partial charge in [-0.3, -0.25) is 4.68 Å². The summed E-state index contributed by atoms with van der Waals surface area (Å²) in [5.41, 5.74) is 2.58. The second-order valence-electron chi connectivity index (χ2n) is 6.25. The fourth-order valence-corrected chi connectivity index (χ4v) is 3.13. The monoisotopic (exact) mass is 313 g/mol. The first-order valence-electron chi connectivity index (χ1n) is 8.56. The van der Waals surface area contributed by atoms with Crippen LogP contribution in [0, 0.1) is 6.92 Å². The summed E-state index contributed by atoms with van der Waals surface area (Å²) < 4.78 is 2.22. The molecule has 4 heteroatoms. The van der Waals surface area contributed by atoms with Gasteiger partial charge in [0.1, 0.15) is 0 Å². The van der Waals surface area contributed by atoms with Crippen LogP contribution in [0.5, 0.6) is 0 Å². The fraction of sp³-hybridized carbons (Fsp3) is 0.824. The van der Waals surface area contributed by atoms with Gasteiger partial charge in [-0.05, 0) is 32.7 Å². The van der Waals surface area contributed by atoms with Crippen molar-refractivity contribution in [3.8, 4) is 0 Å². The van der Waals surface area contributed by atoms with E-state index in [4.69, 9.17) is 5.10 Å². The van der Waals surface area contributed by atoms with Crippen molar-refractivity contribution in [3.63, 3.8) is 0 Å². The number of halogens is 1. The molecule has 1 aliphatic carbocycles. The number of unbranched alkanes of at least 4 members (excludes halogenated alkanes) is 4. The second kappa shape index (κ2) is 10.2. The highest BCUT2D eigenvalue weighted by molar-refractivity contribution is 5.85. The van der Waals surface area contributed by atoms with Crippen LogP contribution >= 0.6 is 12.4 Å². The quantitative estimate of drug-likeness (QED) is 0.664. The molecule has 0 saturated heterocycles. The number of hydrogen-bond acceptors (Lipinski definition) is 2. The molecule has 0 bridgehead atoms. The Kier molecular flexibility index (Phi) is 9.02. The Hall–Kier alpha value is -0.540. The molecule has 0 unspecified atom stereocenters. The summed E-state index contributed by atoms with van der Waals surface area (Å²) in [6.45, 7) is 6.52. The highest BCUT2D eigenvalue weighted by Gasteiger charge is 2.18. The van der Waals surface area contributed by atoms with Crippen LogP contribution in [0.1, 0.15) is 82.0 Å². The molecule has 0 aliphatic heterocycles. The van der Waals surface area contributed by atoms with E-state index in [1.54, 1.807) is 0 Å². The Morgan fingerprint density at radius 1 is 1.19 bits per heavy atom. The minimum absolute atomic E-state index is 0. The number of aromatic nitrogens is 2. The average Bonchev–Trinajstić information content (AvgIpc) is 3.08. The smallest absolute Gasteiger partial charge is 0.0638 e. The maximum Gasteiger partial charge on any atom is 0.0638 e. The van der Waals surface area contributed by atoms with E-state index >= 15 is 0 Å². The van der Waals surface area contributed by atoms with Gasteiger partial charge in [-0.1, -0.05) is 45.4 Å². The van der Waals surface area contributed by atoms with Crippen molar-refractivity contribution in [1.82, 2.24) is 15.1 Å². The van der Waals surface area contributed by atoms with Gasteiger partial charge in [0, 0.05) is 18.3 Å². The molecule has 1 saturated carbocycles. The third kappa shape index (κ3) is 5.99. The molecule has 1 heterocycles. The molecule has 0 spiro atoms. The average molecular weight is 314 g/mol. The van der Waals surface area contributed by atoms with Crippen LogP contribution in [0.4, 0.5) is 0 Å². The van der Waals surface area contributed by atoms with E-state index in [1.807, 2.05) is 0 Å². The Labute approximate surface area is 136 Å². The van der Waals surface area contributed by atoms with Gasteiger partial charge >= 0.3 is 0 Å². The number of nitrogens with one attached hydrogen (secondary N) is 1. The molecule has 1 aromatic heterocycles. The molecular weight excluding hydrogens is 282 g/mol. The maximum atomic E-state index is 4.71. The van der Waals surface area contributed by atoms with Gasteiger partial charge in [-0.15, -0.1) is 12.4 Å². The van der Waals surface area contributed by atoms with Gasteiger partial charge in [0.05, 0.1) is 11.7 Å². The molecular formula is C17H32ClN3. The Morgan fingerprint density at radius 3 is 2.62 bits per heavy atom. The summed E-state index contributed by atoms with van der Waals surface area (Å²) in [5.74, 6) is 0. The van der Waals surface area contributed by atoms with Crippen LogP contribution in [0.2, 0.25) is 0 Å². The minimum atomic E-state index is 0. The van der Waals surface area contributed by atoms with Crippen LogP contribution in [0.3, 0.4) is 0 Å². The van der Waals surface area contributed by atoms with Crippen LogP contribution in [0.25, 0.3) is 0 Å². The zero-order chi connectivity index (χ0) is 14.2. The standard InChI is InChI=1S/C17H31N3.ClH/c1-3-4-5-6-9-12-18-13-16-14-20(19-15(16)2)17-10-7-8-11-17;/h14,17-18H,3-13H2,1-2H3;1H. The first-order valence-corrected chi connectivity index (χ1v) is 8.56. The molecule has 0 aromatic carbocycles. The zero-order valence-corrected chi connectivity index (χ0v) is 14.6. The van der Waals surface area contributed by atoms with E-state index in [9.17, 15) is 0 Å². The van der Waals surface area contributed by atoms with Gasteiger partial charge in [0.15, 0.2) is 0 Å². The number of aryl methyl sites for hydroxylation is 1. The number of nitrogens with zero attached hydrogens (tertiary/aromatic N) is 2. The van der Waals surface area contributed by atoms with Crippen molar-refractivity contribution in [2.45, 2.75) is 84.2 Å². The lowest BCUT2D eigenvalue weighted by Crippen LogP contribution is -2.14. The van der Waals surface area contributed by atoms with Crippen LogP contribution in [-0.2, 0) is 6.54 Å². The molecule has 21 heavy (non-hydrogen) atoms. The predicted octanol–water partition coefficient (Wildman–Crippen LogP) is 4.79. The topological polar surface area (TPSA) is 29.9 Å². The van der Waals surface area contributed by atoms with Crippen molar-refractivity contribution in [2.24, 2.45) is 0 Å². The fourth-order valence-electron chi connectivity index (χ4n) is 3.13. The van der Waals surface area contributed by atoms with Gasteiger partial charge < -0.3 is 5.32 Å². The second-order valence-corrected chi connectivity index (χ2v) is 6.25.